The average Bonchev–Trinajstić information content (AvgIpc) is 2.76. The molecule has 0 aliphatic carbocycles. The van der Waals surface area contributed by atoms with Crippen molar-refractivity contribution in [2.24, 2.45) is 0 Å². The normalized spacial score (nSPS) is 18.9. The molecule has 170 valence electrons. The summed E-state index contributed by atoms with van der Waals surface area (Å²) in [5.41, 5.74) is 0.979. The van der Waals surface area contributed by atoms with E-state index >= 15 is 0 Å². The van der Waals surface area contributed by atoms with E-state index in [0.717, 1.165) is 11.6 Å². The Kier molecular flexibility index (Phi) is 7.19. The van der Waals surface area contributed by atoms with Crippen LogP contribution in [0, 0.1) is 5.82 Å². The number of anilines is 1. The van der Waals surface area contributed by atoms with E-state index in [2.05, 4.69) is 21.5 Å². The fourth-order valence-electron chi connectivity index (χ4n) is 3.20. The first-order valence-electron chi connectivity index (χ1n) is 10.3. The lowest BCUT2D eigenvalue weighted by atomic mass is 10.2. The minimum Gasteiger partial charge on any atom is -0.421 e. The van der Waals surface area contributed by atoms with Crippen LogP contribution in [0.25, 0.3) is 5.57 Å². The first-order valence-corrected chi connectivity index (χ1v) is 10.3. The monoisotopic (exact) mass is 441 g/mol. The molecule has 32 heavy (non-hydrogen) atoms. The van der Waals surface area contributed by atoms with Gasteiger partial charge in [0, 0.05) is 26.2 Å². The Bertz CT molecular complexity index is 1040. The number of nitrogens with zero attached hydrogens (tertiary/aromatic N) is 5. The predicted molar refractivity (Wildman–Crippen MR) is 120 cm³/mol. The van der Waals surface area contributed by atoms with Crippen molar-refractivity contribution < 1.29 is 18.7 Å². The molecular formula is C23H28FN5O3. The molecule has 8 nitrogen and oxygen atoms in total. The van der Waals surface area contributed by atoms with Crippen molar-refractivity contribution in [1.82, 2.24) is 19.9 Å². The maximum absolute atomic E-state index is 14.7. The van der Waals surface area contributed by atoms with Gasteiger partial charge in [-0.1, -0.05) is 18.7 Å². The van der Waals surface area contributed by atoms with Crippen molar-refractivity contribution >= 4 is 17.4 Å². The summed E-state index contributed by atoms with van der Waals surface area (Å²) in [6.45, 7) is 10.7. The molecule has 0 N–H and O–H groups in total. The minimum absolute atomic E-state index is 0.0137. The molecule has 2 aromatic rings. The van der Waals surface area contributed by atoms with Gasteiger partial charge in [-0.3, -0.25) is 4.79 Å². The van der Waals surface area contributed by atoms with Crippen LogP contribution >= 0.6 is 0 Å². The second kappa shape index (κ2) is 9.86. The van der Waals surface area contributed by atoms with E-state index in [-0.39, 0.29) is 35.4 Å². The molecule has 9 heteroatoms. The fourth-order valence-corrected chi connectivity index (χ4v) is 3.20. The lowest BCUT2D eigenvalue weighted by Gasteiger charge is -2.36. The SMILES string of the molecule is C=CC=C(C)c1nc(Oc2ccc(C(=O)N(C)C)cc2F)nc(N2CC(C)OCC2C)n1. The number of allylic oxidation sites excluding steroid dienone is 3. The Morgan fingerprint density at radius 2 is 2.06 bits per heavy atom. The summed E-state index contributed by atoms with van der Waals surface area (Å²) in [7, 11) is 3.20. The molecule has 1 aromatic heterocycles. The fraction of sp³-hybridized carbons (Fsp3) is 0.391. The van der Waals surface area contributed by atoms with Crippen molar-refractivity contribution in [3.8, 4) is 11.8 Å². The smallest absolute Gasteiger partial charge is 0.327 e. The maximum atomic E-state index is 14.7. The topological polar surface area (TPSA) is 80.7 Å². The van der Waals surface area contributed by atoms with Gasteiger partial charge in [0.1, 0.15) is 0 Å². The molecule has 1 aliphatic rings. The third-order valence-electron chi connectivity index (χ3n) is 4.97. The van der Waals surface area contributed by atoms with Crippen LogP contribution in [0.5, 0.6) is 11.8 Å². The van der Waals surface area contributed by atoms with Gasteiger partial charge in [0.15, 0.2) is 17.4 Å². The Labute approximate surface area is 187 Å². The minimum atomic E-state index is -0.687. The molecular weight excluding hydrogens is 413 g/mol. The Morgan fingerprint density at radius 1 is 1.31 bits per heavy atom. The second-order valence-corrected chi connectivity index (χ2v) is 7.92. The standard InChI is InChI=1S/C23H28FN5O3/c1-7-8-14(2)20-25-22(29-12-16(4)31-13-15(29)3)27-23(26-20)32-19-10-9-17(11-18(19)24)21(30)28(5)6/h7-11,15-16H,1,12-13H2,2-6H3. The van der Waals surface area contributed by atoms with E-state index in [0.29, 0.717) is 24.9 Å². The second-order valence-electron chi connectivity index (χ2n) is 7.92. The Balaban J connectivity index is 1.98. The van der Waals surface area contributed by atoms with Crippen molar-refractivity contribution in [3.05, 3.63) is 54.1 Å². The number of halogens is 1. The van der Waals surface area contributed by atoms with E-state index in [9.17, 15) is 9.18 Å². The molecule has 1 aromatic carbocycles. The highest BCUT2D eigenvalue weighted by Gasteiger charge is 2.27. The van der Waals surface area contributed by atoms with Gasteiger partial charge in [0.05, 0.1) is 18.8 Å². The molecule has 1 fully saturated rings. The summed E-state index contributed by atoms with van der Waals surface area (Å²) in [4.78, 5) is 28.9. The number of ether oxygens (including phenoxy) is 2. The number of morpholine rings is 1. The Morgan fingerprint density at radius 3 is 2.72 bits per heavy atom. The zero-order chi connectivity index (χ0) is 23.4. The van der Waals surface area contributed by atoms with Gasteiger partial charge in [0.25, 0.3) is 5.91 Å². The lowest BCUT2D eigenvalue weighted by Crippen LogP contribution is -2.48. The molecule has 2 heterocycles. The summed E-state index contributed by atoms with van der Waals surface area (Å²) in [6, 6.07) is 4.03. The summed E-state index contributed by atoms with van der Waals surface area (Å²) in [6.07, 6.45) is 3.43. The van der Waals surface area contributed by atoms with Crippen molar-refractivity contribution in [3.63, 3.8) is 0 Å². The first kappa shape index (κ1) is 23.3. The number of carbonyl (C=O) groups excluding carboxylic acids is 1. The van der Waals surface area contributed by atoms with Crippen LogP contribution in [0.4, 0.5) is 10.3 Å². The first-order chi connectivity index (χ1) is 15.2. The summed E-state index contributed by atoms with van der Waals surface area (Å²) in [5.74, 6) is -0.258. The van der Waals surface area contributed by atoms with E-state index in [1.54, 1.807) is 26.2 Å². The molecule has 2 atom stereocenters. The third-order valence-corrected chi connectivity index (χ3v) is 4.97. The average molecular weight is 442 g/mol. The molecule has 3 rings (SSSR count). The van der Waals surface area contributed by atoms with Gasteiger partial charge in [-0.05, 0) is 44.5 Å². The number of amides is 1. The summed E-state index contributed by atoms with van der Waals surface area (Å²) < 4.78 is 26.1. The molecule has 0 saturated carbocycles. The maximum Gasteiger partial charge on any atom is 0.327 e. The molecule has 1 aliphatic heterocycles. The van der Waals surface area contributed by atoms with Crippen LogP contribution in [0.15, 0.2) is 36.9 Å². The molecule has 0 bridgehead atoms. The van der Waals surface area contributed by atoms with Gasteiger partial charge in [-0.15, -0.1) is 0 Å². The van der Waals surface area contributed by atoms with Gasteiger partial charge >= 0.3 is 6.01 Å². The van der Waals surface area contributed by atoms with Crippen molar-refractivity contribution in [2.45, 2.75) is 32.9 Å². The van der Waals surface area contributed by atoms with Crippen LogP contribution in [0.2, 0.25) is 0 Å². The van der Waals surface area contributed by atoms with Crippen molar-refractivity contribution in [2.75, 3.05) is 32.1 Å². The molecule has 0 radical (unpaired) electrons. The van der Waals surface area contributed by atoms with Gasteiger partial charge in [0.2, 0.25) is 5.95 Å². The van der Waals surface area contributed by atoms with Gasteiger partial charge < -0.3 is 19.3 Å². The number of hydrogen-bond acceptors (Lipinski definition) is 7. The van der Waals surface area contributed by atoms with E-state index in [4.69, 9.17) is 9.47 Å². The zero-order valence-corrected chi connectivity index (χ0v) is 19.0. The van der Waals surface area contributed by atoms with Crippen LogP contribution in [0.3, 0.4) is 0 Å². The van der Waals surface area contributed by atoms with E-state index < -0.39 is 5.82 Å². The van der Waals surface area contributed by atoms with Gasteiger partial charge in [-0.25, -0.2) is 4.39 Å². The van der Waals surface area contributed by atoms with Crippen LogP contribution in [-0.2, 0) is 4.74 Å². The molecule has 1 saturated heterocycles. The number of carbonyl (C=O) groups is 1. The van der Waals surface area contributed by atoms with Crippen LogP contribution in [0.1, 0.15) is 37.0 Å². The predicted octanol–water partition coefficient (Wildman–Crippen LogP) is 3.71. The van der Waals surface area contributed by atoms with Crippen LogP contribution in [-0.4, -0.2) is 65.2 Å². The third kappa shape index (κ3) is 5.28. The molecule has 2 unspecified atom stereocenters. The lowest BCUT2D eigenvalue weighted by molar-refractivity contribution is 0.0336. The Hall–Kier alpha value is -3.33. The number of rotatable bonds is 6. The van der Waals surface area contributed by atoms with Gasteiger partial charge in [-0.2, -0.15) is 15.0 Å². The largest absolute Gasteiger partial charge is 0.421 e. The van der Waals surface area contributed by atoms with Crippen molar-refractivity contribution in [1.29, 1.82) is 0 Å². The number of hydrogen-bond donors (Lipinski definition) is 0. The molecule has 1 amide bonds. The summed E-state index contributed by atoms with van der Waals surface area (Å²) >= 11 is 0. The zero-order valence-electron chi connectivity index (χ0n) is 19.0. The number of benzene rings is 1. The van der Waals surface area contributed by atoms with Crippen LogP contribution < -0.4 is 9.64 Å². The van der Waals surface area contributed by atoms with E-state index in [1.807, 2.05) is 25.7 Å². The number of aromatic nitrogens is 3. The quantitative estimate of drug-likeness (QED) is 0.632. The van der Waals surface area contributed by atoms with E-state index in [1.165, 1.54) is 17.0 Å². The summed E-state index contributed by atoms with van der Waals surface area (Å²) in [5, 5.41) is 0. The highest BCUT2D eigenvalue weighted by molar-refractivity contribution is 5.94. The highest BCUT2D eigenvalue weighted by Crippen LogP contribution is 2.27. The molecule has 0 spiro atoms. The highest BCUT2D eigenvalue weighted by atomic mass is 19.1.